The van der Waals surface area contributed by atoms with Gasteiger partial charge in [0.05, 0.1) is 12.3 Å². The topological polar surface area (TPSA) is 50.7 Å². The second kappa shape index (κ2) is 4.57. The molecule has 0 saturated heterocycles. The molecule has 1 aliphatic heterocycles. The minimum Gasteiger partial charge on any atom is -0.387 e. The minimum atomic E-state index is -0.408. The molecule has 0 bridgehead atoms. The van der Waals surface area contributed by atoms with Gasteiger partial charge in [0.15, 0.2) is 5.60 Å². The highest BCUT2D eigenvalue weighted by atomic mass is 16.7. The second-order valence-corrected chi connectivity index (χ2v) is 4.59. The molecule has 0 radical (unpaired) electrons. The molecule has 0 spiro atoms. The van der Waals surface area contributed by atoms with Gasteiger partial charge in [-0.25, -0.2) is 0 Å². The summed E-state index contributed by atoms with van der Waals surface area (Å²) < 4.78 is 0. The van der Waals surface area contributed by atoms with E-state index < -0.39 is 5.60 Å². The normalized spacial score (nSPS) is 22.8. The first-order chi connectivity index (χ1) is 8.09. The van der Waals surface area contributed by atoms with Crippen molar-refractivity contribution in [2.24, 2.45) is 5.16 Å². The van der Waals surface area contributed by atoms with Crippen molar-refractivity contribution in [2.45, 2.75) is 25.9 Å². The summed E-state index contributed by atoms with van der Waals surface area (Å²) in [5.74, 6) is -0.0834. The van der Waals surface area contributed by atoms with Gasteiger partial charge in [0.1, 0.15) is 0 Å². The number of oxime groups is 1. The molecule has 1 unspecified atom stereocenters. The van der Waals surface area contributed by atoms with Crippen molar-refractivity contribution in [2.75, 3.05) is 6.54 Å². The summed E-state index contributed by atoms with van der Waals surface area (Å²) in [6, 6.07) is 9.14. The fourth-order valence-corrected chi connectivity index (χ4v) is 1.85. The van der Waals surface area contributed by atoms with E-state index in [1.165, 1.54) is 0 Å². The molecule has 2 rings (SSSR count). The number of amides is 1. The molecule has 0 aromatic heterocycles. The van der Waals surface area contributed by atoms with Crippen LogP contribution < -0.4 is 5.32 Å². The van der Waals surface area contributed by atoms with Gasteiger partial charge in [-0.2, -0.15) is 0 Å². The Bertz CT molecular complexity index is 442. The van der Waals surface area contributed by atoms with E-state index in [-0.39, 0.29) is 5.91 Å². The number of rotatable bonds is 3. The van der Waals surface area contributed by atoms with Crippen LogP contribution >= 0.6 is 0 Å². The van der Waals surface area contributed by atoms with E-state index in [1.807, 2.05) is 32.0 Å². The monoisotopic (exact) mass is 232 g/mol. The number of hydrogen-bond donors (Lipinski definition) is 1. The van der Waals surface area contributed by atoms with E-state index in [0.717, 1.165) is 12.1 Å². The Morgan fingerprint density at radius 1 is 1.47 bits per heavy atom. The standard InChI is InChI=1S/C13H16N2O2/c1-10-8-13(2,17-15-10)9-14-12(16)11-6-4-3-5-7-11/h3-7H,8-9H2,1-2H3,(H,14,16). The van der Waals surface area contributed by atoms with Crippen LogP contribution in [-0.2, 0) is 4.84 Å². The highest BCUT2D eigenvalue weighted by Crippen LogP contribution is 2.22. The maximum Gasteiger partial charge on any atom is 0.251 e. The third-order valence-electron chi connectivity index (χ3n) is 2.71. The van der Waals surface area contributed by atoms with Gasteiger partial charge in [-0.05, 0) is 26.0 Å². The lowest BCUT2D eigenvalue weighted by Gasteiger charge is -2.21. The first-order valence-electron chi connectivity index (χ1n) is 5.64. The highest BCUT2D eigenvalue weighted by molar-refractivity contribution is 5.94. The van der Waals surface area contributed by atoms with E-state index in [0.29, 0.717) is 12.1 Å². The van der Waals surface area contributed by atoms with Gasteiger partial charge >= 0.3 is 0 Å². The Labute approximate surface area is 101 Å². The summed E-state index contributed by atoms with van der Waals surface area (Å²) in [7, 11) is 0. The van der Waals surface area contributed by atoms with Crippen molar-refractivity contribution in [3.05, 3.63) is 35.9 Å². The van der Waals surface area contributed by atoms with Crippen LogP contribution in [0.5, 0.6) is 0 Å². The largest absolute Gasteiger partial charge is 0.387 e. The molecule has 1 atom stereocenters. The molecular formula is C13H16N2O2. The van der Waals surface area contributed by atoms with Gasteiger partial charge in [-0.15, -0.1) is 0 Å². The average Bonchev–Trinajstić information content (AvgIpc) is 2.68. The van der Waals surface area contributed by atoms with Crippen molar-refractivity contribution >= 4 is 11.6 Å². The van der Waals surface area contributed by atoms with Gasteiger partial charge in [0.2, 0.25) is 0 Å². The summed E-state index contributed by atoms with van der Waals surface area (Å²) in [6.07, 6.45) is 0.752. The zero-order chi connectivity index (χ0) is 12.3. The molecule has 1 N–H and O–H groups in total. The summed E-state index contributed by atoms with van der Waals surface area (Å²) in [5, 5.41) is 6.77. The van der Waals surface area contributed by atoms with Crippen LogP contribution in [0.1, 0.15) is 30.6 Å². The fraction of sp³-hybridized carbons (Fsp3) is 0.385. The quantitative estimate of drug-likeness (QED) is 0.866. The number of carbonyl (C=O) groups is 1. The predicted molar refractivity (Wildman–Crippen MR) is 66.0 cm³/mol. The number of carbonyl (C=O) groups excluding carboxylic acids is 1. The second-order valence-electron chi connectivity index (χ2n) is 4.59. The van der Waals surface area contributed by atoms with E-state index in [9.17, 15) is 4.79 Å². The third-order valence-corrected chi connectivity index (χ3v) is 2.71. The molecule has 0 saturated carbocycles. The van der Waals surface area contributed by atoms with Crippen LogP contribution in [0.2, 0.25) is 0 Å². The summed E-state index contributed by atoms with van der Waals surface area (Å²) in [5.41, 5.74) is 1.21. The molecule has 1 aliphatic rings. The van der Waals surface area contributed by atoms with Gasteiger partial charge in [-0.3, -0.25) is 4.79 Å². The van der Waals surface area contributed by atoms with Crippen LogP contribution in [0, 0.1) is 0 Å². The van der Waals surface area contributed by atoms with Gasteiger partial charge in [-0.1, -0.05) is 23.4 Å². The van der Waals surface area contributed by atoms with Crippen LogP contribution in [0.15, 0.2) is 35.5 Å². The smallest absolute Gasteiger partial charge is 0.251 e. The first kappa shape index (κ1) is 11.6. The maximum absolute atomic E-state index is 11.8. The Kier molecular flexibility index (Phi) is 3.13. The van der Waals surface area contributed by atoms with Gasteiger partial charge in [0.25, 0.3) is 5.91 Å². The van der Waals surface area contributed by atoms with Crippen LogP contribution in [-0.4, -0.2) is 23.8 Å². The van der Waals surface area contributed by atoms with Crippen molar-refractivity contribution in [3.63, 3.8) is 0 Å². The van der Waals surface area contributed by atoms with Crippen LogP contribution in [0.25, 0.3) is 0 Å². The molecule has 1 aromatic carbocycles. The Morgan fingerprint density at radius 3 is 2.76 bits per heavy atom. The molecule has 4 nitrogen and oxygen atoms in total. The lowest BCUT2D eigenvalue weighted by Crippen LogP contribution is -2.40. The Hall–Kier alpha value is -1.84. The highest BCUT2D eigenvalue weighted by Gasteiger charge is 2.32. The molecule has 17 heavy (non-hydrogen) atoms. The Balaban J connectivity index is 1.89. The first-order valence-corrected chi connectivity index (χ1v) is 5.64. The van der Waals surface area contributed by atoms with E-state index >= 15 is 0 Å². The van der Waals surface area contributed by atoms with E-state index in [4.69, 9.17) is 4.84 Å². The lowest BCUT2D eigenvalue weighted by molar-refractivity contribution is -0.00181. The maximum atomic E-state index is 11.8. The summed E-state index contributed by atoms with van der Waals surface area (Å²) >= 11 is 0. The van der Waals surface area contributed by atoms with Crippen LogP contribution in [0.4, 0.5) is 0 Å². The van der Waals surface area contributed by atoms with E-state index in [2.05, 4.69) is 10.5 Å². The van der Waals surface area contributed by atoms with Crippen LogP contribution in [0.3, 0.4) is 0 Å². The average molecular weight is 232 g/mol. The number of nitrogens with one attached hydrogen (secondary N) is 1. The summed E-state index contributed by atoms with van der Waals surface area (Å²) in [4.78, 5) is 17.1. The molecule has 1 amide bonds. The molecule has 0 fully saturated rings. The molecule has 0 aliphatic carbocycles. The number of hydrogen-bond acceptors (Lipinski definition) is 3. The van der Waals surface area contributed by atoms with Crippen molar-refractivity contribution in [3.8, 4) is 0 Å². The molecular weight excluding hydrogens is 216 g/mol. The van der Waals surface area contributed by atoms with Gasteiger partial charge < -0.3 is 10.2 Å². The van der Waals surface area contributed by atoms with Gasteiger partial charge in [0, 0.05) is 12.0 Å². The third kappa shape index (κ3) is 2.84. The van der Waals surface area contributed by atoms with Crippen molar-refractivity contribution < 1.29 is 9.63 Å². The number of benzene rings is 1. The summed E-state index contributed by atoms with van der Waals surface area (Å²) in [6.45, 7) is 4.32. The molecule has 1 aromatic rings. The SMILES string of the molecule is CC1=NOC(C)(CNC(=O)c2ccccc2)C1. The molecule has 1 heterocycles. The lowest BCUT2D eigenvalue weighted by atomic mass is 10.0. The zero-order valence-electron chi connectivity index (χ0n) is 10.1. The fourth-order valence-electron chi connectivity index (χ4n) is 1.85. The predicted octanol–water partition coefficient (Wildman–Crippen LogP) is 1.97. The minimum absolute atomic E-state index is 0.0834. The molecule has 4 heteroatoms. The molecule has 90 valence electrons. The van der Waals surface area contributed by atoms with E-state index in [1.54, 1.807) is 12.1 Å². The van der Waals surface area contributed by atoms with Crippen molar-refractivity contribution in [1.29, 1.82) is 0 Å². The zero-order valence-corrected chi connectivity index (χ0v) is 10.1. The Morgan fingerprint density at radius 2 is 2.18 bits per heavy atom. The number of nitrogens with zero attached hydrogens (tertiary/aromatic N) is 1. The van der Waals surface area contributed by atoms with Crippen molar-refractivity contribution in [1.82, 2.24) is 5.32 Å².